The number of hydrogen-bond acceptors (Lipinski definition) is 0. The fourth-order valence-electron chi connectivity index (χ4n) is 7.07. The summed E-state index contributed by atoms with van der Waals surface area (Å²) >= 11 is -3.42. The van der Waals surface area contributed by atoms with Crippen molar-refractivity contribution >= 4 is 37.8 Å². The average Bonchev–Trinajstić information content (AvgIpc) is 3.24. The van der Waals surface area contributed by atoms with Crippen LogP contribution in [0, 0.1) is 5.92 Å². The second kappa shape index (κ2) is 10.1. The van der Waals surface area contributed by atoms with Crippen molar-refractivity contribution in [3.63, 3.8) is 0 Å². The first-order valence-corrected chi connectivity index (χ1v) is 24.0. The summed E-state index contributed by atoms with van der Waals surface area (Å²) in [6.45, 7) is 19.6. The Kier molecular flexibility index (Phi) is 8.78. The normalized spacial score (nSPS) is 20.3. The molecular weight excluding hydrogens is 539 g/mol. The molecule has 2 atom stereocenters. The quantitative estimate of drug-likeness (QED) is 0.311. The number of benzene rings is 2. The molecule has 0 amide bonds. The van der Waals surface area contributed by atoms with Gasteiger partial charge in [0, 0.05) is 0 Å². The predicted octanol–water partition coefficient (Wildman–Crippen LogP) is 9.03. The van der Waals surface area contributed by atoms with Crippen molar-refractivity contribution in [2.75, 3.05) is 0 Å². The van der Waals surface area contributed by atoms with E-state index in [2.05, 4.69) is 110 Å². The molecule has 4 rings (SSSR count). The van der Waals surface area contributed by atoms with E-state index in [1.165, 1.54) is 24.9 Å². The summed E-state index contributed by atoms with van der Waals surface area (Å²) in [5.41, 5.74) is 12.2. The van der Waals surface area contributed by atoms with Crippen LogP contribution < -0.4 is 0 Å². The van der Waals surface area contributed by atoms with Gasteiger partial charge < -0.3 is 0 Å². The van der Waals surface area contributed by atoms with Crippen LogP contribution in [0.15, 0.2) is 74.1 Å². The largest absolute Gasteiger partial charge is 0.147 e. The molecule has 33 heavy (non-hydrogen) atoms. The molecule has 0 radical (unpaired) electrons. The molecule has 0 bridgehead atoms. The first kappa shape index (κ1) is 28.6. The van der Waals surface area contributed by atoms with Gasteiger partial charge in [0.25, 0.3) is 0 Å². The van der Waals surface area contributed by atoms with Crippen molar-refractivity contribution < 1.29 is 17.4 Å². The maximum absolute atomic E-state index is 3.42. The van der Waals surface area contributed by atoms with Crippen LogP contribution in [0.1, 0.15) is 63.2 Å². The van der Waals surface area contributed by atoms with E-state index >= 15 is 0 Å². The molecule has 0 spiro atoms. The molecule has 0 aromatic heterocycles. The van der Waals surface area contributed by atoms with E-state index in [4.69, 9.17) is 0 Å². The Morgan fingerprint density at radius 1 is 0.818 bits per heavy atom. The van der Waals surface area contributed by atoms with Crippen LogP contribution in [0.25, 0.3) is 17.2 Å². The zero-order chi connectivity index (χ0) is 22.6. The Bertz CT molecular complexity index is 1210. The summed E-state index contributed by atoms with van der Waals surface area (Å²) in [5, 5.41) is 0. The fraction of sp³-hybridized carbons (Fsp3) is 0.379. The summed E-state index contributed by atoms with van der Waals surface area (Å²) < 4.78 is 5.24. The molecule has 2 aliphatic carbocycles. The zero-order valence-electron chi connectivity index (χ0n) is 21.3. The molecular formula is C29H40Cl2SiZr. The summed E-state index contributed by atoms with van der Waals surface area (Å²) in [4.78, 5) is 0. The van der Waals surface area contributed by atoms with Gasteiger partial charge in [-0.1, -0.05) is 0 Å². The van der Waals surface area contributed by atoms with Gasteiger partial charge in [-0.05, 0) is 0 Å². The summed E-state index contributed by atoms with van der Waals surface area (Å²) in [6.07, 6.45) is 2.54. The molecule has 178 valence electrons. The Labute approximate surface area is 216 Å². The zero-order valence-corrected chi connectivity index (χ0v) is 26.8. The minimum atomic E-state index is -3.42. The van der Waals surface area contributed by atoms with Gasteiger partial charge in [0.05, 0.1) is 0 Å². The molecule has 0 saturated carbocycles. The van der Waals surface area contributed by atoms with Crippen molar-refractivity contribution in [1.29, 1.82) is 0 Å². The number of fused-ring (bicyclic) bond motifs is 1. The molecule has 2 aromatic carbocycles. The average molecular weight is 579 g/mol. The van der Waals surface area contributed by atoms with Gasteiger partial charge in [0.2, 0.25) is 0 Å². The van der Waals surface area contributed by atoms with Crippen molar-refractivity contribution in [3.8, 4) is 11.1 Å². The SMILES string of the molecule is C[CH2][Zr](=[SiH2])([CH2]C)([C]1=C(C)C(C)=C(C)C1C)[CH]1C(C)=Cc2c(-c3ccccc3)cccc21.Cl.Cl. The number of halogens is 2. The van der Waals surface area contributed by atoms with E-state index in [1.807, 2.05) is 3.28 Å². The third kappa shape index (κ3) is 4.08. The van der Waals surface area contributed by atoms with E-state index < -0.39 is 17.4 Å². The molecule has 0 N–H and O–H groups in total. The summed E-state index contributed by atoms with van der Waals surface area (Å²) in [6, 6.07) is 18.0. The van der Waals surface area contributed by atoms with Gasteiger partial charge >= 0.3 is 193 Å². The van der Waals surface area contributed by atoms with Crippen molar-refractivity contribution in [2.24, 2.45) is 5.92 Å². The molecule has 2 unspecified atom stereocenters. The summed E-state index contributed by atoms with van der Waals surface area (Å²) in [7, 11) is 0. The van der Waals surface area contributed by atoms with Gasteiger partial charge in [0.1, 0.15) is 0 Å². The molecule has 2 aromatic rings. The molecule has 0 heterocycles. The van der Waals surface area contributed by atoms with Gasteiger partial charge in [0.15, 0.2) is 0 Å². The Hall–Kier alpha value is -0.660. The van der Waals surface area contributed by atoms with Crippen LogP contribution in [-0.2, 0) is 17.4 Å². The molecule has 0 nitrogen and oxygen atoms in total. The molecule has 0 fully saturated rings. The topological polar surface area (TPSA) is 0 Å². The van der Waals surface area contributed by atoms with Crippen LogP contribution in [-0.4, -0.2) is 6.88 Å². The van der Waals surface area contributed by atoms with E-state index in [1.54, 1.807) is 27.9 Å². The van der Waals surface area contributed by atoms with Crippen molar-refractivity contribution in [3.05, 3.63) is 85.2 Å². The van der Waals surface area contributed by atoms with Crippen LogP contribution >= 0.6 is 24.8 Å². The van der Waals surface area contributed by atoms with Crippen molar-refractivity contribution in [2.45, 2.75) is 60.3 Å². The third-order valence-electron chi connectivity index (χ3n) is 9.25. The van der Waals surface area contributed by atoms with Crippen LogP contribution in [0.4, 0.5) is 0 Å². The number of rotatable bonds is 5. The van der Waals surface area contributed by atoms with E-state index in [9.17, 15) is 0 Å². The smallest absolute Gasteiger partial charge is 0.147 e. The maximum Gasteiger partial charge on any atom is -0.147 e. The number of allylic oxidation sites excluding steroid dienone is 5. The van der Waals surface area contributed by atoms with Crippen molar-refractivity contribution in [1.82, 2.24) is 0 Å². The monoisotopic (exact) mass is 576 g/mol. The van der Waals surface area contributed by atoms with E-state index in [0.29, 0.717) is 9.54 Å². The van der Waals surface area contributed by atoms with Crippen LogP contribution in [0.2, 0.25) is 8.26 Å². The van der Waals surface area contributed by atoms with Crippen LogP contribution in [0.3, 0.4) is 0 Å². The fourth-order valence-corrected chi connectivity index (χ4v) is 31.6. The first-order chi connectivity index (χ1) is 14.7. The molecule has 2 aliphatic rings. The minimum Gasteiger partial charge on any atom is -0.147 e. The molecule has 0 aliphatic heterocycles. The Morgan fingerprint density at radius 2 is 1.42 bits per heavy atom. The number of hydrogen-bond donors (Lipinski definition) is 0. The van der Waals surface area contributed by atoms with E-state index in [-0.39, 0.29) is 24.8 Å². The molecule has 4 heteroatoms. The van der Waals surface area contributed by atoms with Crippen LogP contribution in [0.5, 0.6) is 0 Å². The predicted molar refractivity (Wildman–Crippen MR) is 153 cm³/mol. The van der Waals surface area contributed by atoms with E-state index in [0.717, 1.165) is 0 Å². The maximum atomic E-state index is 2.54. The second-order valence-electron chi connectivity index (χ2n) is 10.3. The van der Waals surface area contributed by atoms with Gasteiger partial charge in [-0.15, -0.1) is 24.8 Å². The van der Waals surface area contributed by atoms with Gasteiger partial charge in [-0.3, -0.25) is 0 Å². The standard InChI is InChI=1S/C16H13.C9H13.2C2H5.2ClH.H2Si.Zr/c1-12-10-14-8-5-9-15(16(14)11-12)13-6-3-2-4-7-13;1-6-5-7(2)9(4)8(6)3;2*1-2;;;;/h2-11H,1H3;6H,1-4H3;2*1H2,2H3;2*1H;1H2;. The van der Waals surface area contributed by atoms with Gasteiger partial charge in [-0.25, -0.2) is 0 Å². The molecule has 0 saturated heterocycles. The minimum absolute atomic E-state index is 0. The second-order valence-corrected chi connectivity index (χ2v) is 37.0. The van der Waals surface area contributed by atoms with Gasteiger partial charge in [-0.2, -0.15) is 0 Å². The first-order valence-electron chi connectivity index (χ1n) is 12.0. The third-order valence-corrected chi connectivity index (χ3v) is 39.7. The Balaban J connectivity index is 0.00000193. The summed E-state index contributed by atoms with van der Waals surface area (Å²) in [5.74, 6) is 0.609. The Morgan fingerprint density at radius 3 is 1.94 bits per heavy atom.